The number of aryl methyl sites for hydroxylation is 1. The number of esters is 1. The van der Waals surface area contributed by atoms with Crippen LogP contribution in [-0.2, 0) is 17.8 Å². The van der Waals surface area contributed by atoms with E-state index in [0.717, 1.165) is 44.0 Å². The lowest BCUT2D eigenvalue weighted by molar-refractivity contribution is 0.0557. The average Bonchev–Trinajstić information content (AvgIpc) is 3.03. The molecule has 1 aliphatic rings. The van der Waals surface area contributed by atoms with Gasteiger partial charge in [-0.15, -0.1) is 0 Å². The van der Waals surface area contributed by atoms with Gasteiger partial charge in [-0.3, -0.25) is 9.80 Å². The lowest BCUT2D eigenvalue weighted by Gasteiger charge is -2.34. The molecule has 0 unspecified atom stereocenters. The van der Waals surface area contributed by atoms with E-state index >= 15 is 0 Å². The molecule has 1 aliphatic heterocycles. The average molecular weight is 353 g/mol. The van der Waals surface area contributed by atoms with Crippen molar-refractivity contribution >= 4 is 5.97 Å². The maximum Gasteiger partial charge on any atom is 0.374 e. The lowest BCUT2D eigenvalue weighted by Crippen LogP contribution is -2.45. The molecule has 6 nitrogen and oxygen atoms in total. The molecule has 0 N–H and O–H groups in total. The van der Waals surface area contributed by atoms with E-state index < -0.39 is 5.97 Å². The van der Waals surface area contributed by atoms with Gasteiger partial charge in [0, 0.05) is 38.3 Å². The number of nitrogens with zero attached hydrogens (tertiary/aromatic N) is 3. The van der Waals surface area contributed by atoms with Crippen LogP contribution < -0.4 is 0 Å². The molecule has 0 aliphatic carbocycles. The van der Waals surface area contributed by atoms with Crippen LogP contribution in [-0.4, -0.2) is 49.1 Å². The summed E-state index contributed by atoms with van der Waals surface area (Å²) in [5.41, 5.74) is 2.73. The van der Waals surface area contributed by atoms with E-state index in [-0.39, 0.29) is 0 Å². The summed E-state index contributed by atoms with van der Waals surface area (Å²) in [5.74, 6) is 0.659. The Labute approximate surface area is 153 Å². The molecule has 1 fully saturated rings. The summed E-state index contributed by atoms with van der Waals surface area (Å²) in [5, 5.41) is 8.86. The van der Waals surface area contributed by atoms with E-state index in [2.05, 4.69) is 15.9 Å². The monoisotopic (exact) mass is 353 g/mol. The number of hydrogen-bond donors (Lipinski definition) is 0. The van der Waals surface area contributed by atoms with E-state index in [9.17, 15) is 4.79 Å². The number of ether oxygens (including phenoxy) is 1. The Kier molecular flexibility index (Phi) is 5.71. The second-order valence-corrected chi connectivity index (χ2v) is 6.58. The van der Waals surface area contributed by atoms with Gasteiger partial charge in [-0.1, -0.05) is 12.1 Å². The Balaban J connectivity index is 1.50. The Morgan fingerprint density at radius 3 is 2.35 bits per heavy atom. The third-order valence-corrected chi connectivity index (χ3v) is 4.67. The van der Waals surface area contributed by atoms with Crippen molar-refractivity contribution in [3.05, 3.63) is 58.5 Å². The summed E-state index contributed by atoms with van der Waals surface area (Å²) in [6, 6.07) is 11.8. The van der Waals surface area contributed by atoms with Gasteiger partial charge in [-0.2, -0.15) is 5.26 Å². The maximum atomic E-state index is 11.6. The van der Waals surface area contributed by atoms with Gasteiger partial charge in [-0.25, -0.2) is 4.79 Å². The molecule has 26 heavy (non-hydrogen) atoms. The second-order valence-electron chi connectivity index (χ2n) is 6.58. The summed E-state index contributed by atoms with van der Waals surface area (Å²) in [4.78, 5) is 16.4. The first-order valence-corrected chi connectivity index (χ1v) is 8.70. The van der Waals surface area contributed by atoms with Crippen molar-refractivity contribution in [3.63, 3.8) is 0 Å². The van der Waals surface area contributed by atoms with Crippen LogP contribution in [0.1, 0.15) is 33.0 Å². The number of piperazine rings is 1. The Morgan fingerprint density at radius 1 is 1.15 bits per heavy atom. The number of carbonyl (C=O) groups is 1. The summed E-state index contributed by atoms with van der Waals surface area (Å²) < 4.78 is 10.4. The molecule has 0 spiro atoms. The van der Waals surface area contributed by atoms with E-state index in [0.29, 0.717) is 17.9 Å². The quantitative estimate of drug-likeness (QED) is 0.770. The molecule has 0 amide bonds. The summed E-state index contributed by atoms with van der Waals surface area (Å²) >= 11 is 0. The minimum atomic E-state index is -0.430. The highest BCUT2D eigenvalue weighted by molar-refractivity contribution is 5.87. The Morgan fingerprint density at radius 2 is 1.77 bits per heavy atom. The number of methoxy groups -OCH3 is 1. The van der Waals surface area contributed by atoms with Gasteiger partial charge in [0.25, 0.3) is 0 Å². The van der Waals surface area contributed by atoms with Gasteiger partial charge in [0.05, 0.1) is 25.3 Å². The van der Waals surface area contributed by atoms with E-state index in [1.807, 2.05) is 37.3 Å². The molecular weight excluding hydrogens is 330 g/mol. The second kappa shape index (κ2) is 8.17. The van der Waals surface area contributed by atoms with Gasteiger partial charge in [0.2, 0.25) is 5.76 Å². The first-order valence-electron chi connectivity index (χ1n) is 8.70. The van der Waals surface area contributed by atoms with Crippen LogP contribution in [0.4, 0.5) is 0 Å². The Hall–Kier alpha value is -2.62. The molecular formula is C20H23N3O3. The lowest BCUT2D eigenvalue weighted by atomic mass is 10.1. The molecule has 0 bridgehead atoms. The molecule has 6 heteroatoms. The summed E-state index contributed by atoms with van der Waals surface area (Å²) in [6.07, 6.45) is 0. The molecule has 1 aromatic heterocycles. The van der Waals surface area contributed by atoms with Crippen LogP contribution >= 0.6 is 0 Å². The molecule has 0 saturated carbocycles. The molecule has 1 saturated heterocycles. The fourth-order valence-corrected chi connectivity index (χ4v) is 3.19. The van der Waals surface area contributed by atoms with Crippen molar-refractivity contribution in [2.75, 3.05) is 33.3 Å². The number of carbonyl (C=O) groups excluding carboxylic acids is 1. The van der Waals surface area contributed by atoms with Crippen molar-refractivity contribution in [3.8, 4) is 6.07 Å². The van der Waals surface area contributed by atoms with Crippen LogP contribution in [0, 0.1) is 18.3 Å². The minimum Gasteiger partial charge on any atom is -0.463 e. The third kappa shape index (κ3) is 4.31. The van der Waals surface area contributed by atoms with Gasteiger partial charge in [-0.05, 0) is 30.7 Å². The number of rotatable bonds is 5. The predicted molar refractivity (Wildman–Crippen MR) is 96.5 cm³/mol. The zero-order valence-corrected chi connectivity index (χ0v) is 15.2. The number of furan rings is 1. The SMILES string of the molecule is COC(=O)c1oc(CN2CCN(Cc3ccc(C#N)cc3)CC2)cc1C. The van der Waals surface area contributed by atoms with Crippen LogP contribution in [0.15, 0.2) is 34.7 Å². The number of benzene rings is 1. The van der Waals surface area contributed by atoms with Crippen molar-refractivity contribution < 1.29 is 13.9 Å². The number of hydrogen-bond acceptors (Lipinski definition) is 6. The minimum absolute atomic E-state index is 0.293. The van der Waals surface area contributed by atoms with E-state index in [1.54, 1.807) is 0 Å². The van der Waals surface area contributed by atoms with Crippen molar-refractivity contribution in [1.29, 1.82) is 5.26 Å². The van der Waals surface area contributed by atoms with E-state index in [4.69, 9.17) is 14.4 Å². The molecule has 3 rings (SSSR count). The van der Waals surface area contributed by atoms with Gasteiger partial charge >= 0.3 is 5.97 Å². The highest BCUT2D eigenvalue weighted by Gasteiger charge is 2.21. The van der Waals surface area contributed by atoms with Crippen molar-refractivity contribution in [2.45, 2.75) is 20.0 Å². The van der Waals surface area contributed by atoms with Crippen LogP contribution in [0.3, 0.4) is 0 Å². The molecule has 0 radical (unpaired) electrons. The fourth-order valence-electron chi connectivity index (χ4n) is 3.19. The summed E-state index contributed by atoms with van der Waals surface area (Å²) in [7, 11) is 1.36. The van der Waals surface area contributed by atoms with Crippen LogP contribution in [0.2, 0.25) is 0 Å². The standard InChI is InChI=1S/C20H23N3O3/c1-15-11-18(26-19(15)20(24)25-2)14-23-9-7-22(8-10-23)13-17-5-3-16(12-21)4-6-17/h3-6,11H,7-10,13-14H2,1-2H3. The van der Waals surface area contributed by atoms with Crippen molar-refractivity contribution in [1.82, 2.24) is 9.80 Å². The first kappa shape index (κ1) is 18.2. The first-order chi connectivity index (χ1) is 12.6. The molecule has 2 aromatic rings. The maximum absolute atomic E-state index is 11.6. The molecule has 136 valence electrons. The largest absolute Gasteiger partial charge is 0.463 e. The van der Waals surface area contributed by atoms with Gasteiger partial charge < -0.3 is 9.15 Å². The molecule has 1 aromatic carbocycles. The van der Waals surface area contributed by atoms with E-state index in [1.165, 1.54) is 12.7 Å². The van der Waals surface area contributed by atoms with Crippen LogP contribution in [0.5, 0.6) is 0 Å². The topological polar surface area (TPSA) is 69.7 Å². The fraction of sp³-hybridized carbons (Fsp3) is 0.400. The zero-order valence-electron chi connectivity index (χ0n) is 15.2. The highest BCUT2D eigenvalue weighted by atomic mass is 16.5. The summed E-state index contributed by atoms with van der Waals surface area (Å²) in [6.45, 7) is 7.30. The molecule has 2 heterocycles. The predicted octanol–water partition coefficient (Wildman–Crippen LogP) is 2.56. The zero-order chi connectivity index (χ0) is 18.5. The third-order valence-electron chi connectivity index (χ3n) is 4.67. The van der Waals surface area contributed by atoms with Crippen LogP contribution in [0.25, 0.3) is 0 Å². The van der Waals surface area contributed by atoms with Crippen molar-refractivity contribution in [2.24, 2.45) is 0 Å². The smallest absolute Gasteiger partial charge is 0.374 e. The number of nitriles is 1. The Bertz CT molecular complexity index is 797. The molecule has 0 atom stereocenters. The van der Waals surface area contributed by atoms with Gasteiger partial charge in [0.15, 0.2) is 0 Å². The normalized spacial score (nSPS) is 15.6. The van der Waals surface area contributed by atoms with Gasteiger partial charge in [0.1, 0.15) is 5.76 Å². The highest BCUT2D eigenvalue weighted by Crippen LogP contribution is 2.18.